The molecule has 0 fully saturated rings. The van der Waals surface area contributed by atoms with Crippen LogP contribution in [0.15, 0.2) is 30.3 Å². The molecule has 1 rings (SSSR count). The van der Waals surface area contributed by atoms with Crippen molar-refractivity contribution in [3.63, 3.8) is 0 Å². The molecule has 4 amide bonds. The smallest absolute Gasteiger partial charge is 0.326 e. The molecule has 0 aliphatic carbocycles. The Bertz CT molecular complexity index is 912. The maximum Gasteiger partial charge on any atom is 0.326 e. The number of amides is 4. The number of aliphatic carboxylic acids is 1. The fraction of sp³-hybridized carbons (Fsp3) is 0.542. The monoisotopic (exact) mass is 522 g/mol. The number of nitrogens with one attached hydrogen (secondary N) is 3. The van der Waals surface area contributed by atoms with Crippen LogP contribution in [0.1, 0.15) is 44.6 Å². The van der Waals surface area contributed by atoms with Crippen molar-refractivity contribution in [1.29, 1.82) is 0 Å². The van der Waals surface area contributed by atoms with Crippen LogP contribution < -0.4 is 33.2 Å². The SMILES string of the molecule is CC(O)C(N)C(=O)NC(CCCCN)C(=O)NC(Cc1ccccc1)C(=O)NC(CCC(N)=O)C(=O)O. The maximum atomic E-state index is 13.2. The summed E-state index contributed by atoms with van der Waals surface area (Å²) in [5, 5.41) is 26.5. The predicted octanol–water partition coefficient (Wildman–Crippen LogP) is -2.13. The van der Waals surface area contributed by atoms with E-state index in [0.29, 0.717) is 24.9 Å². The van der Waals surface area contributed by atoms with Crippen molar-refractivity contribution < 1.29 is 34.2 Å². The van der Waals surface area contributed by atoms with Crippen LogP contribution in [0.5, 0.6) is 0 Å². The number of carboxylic acids is 1. The van der Waals surface area contributed by atoms with E-state index in [9.17, 15) is 34.2 Å². The van der Waals surface area contributed by atoms with Gasteiger partial charge in [0.15, 0.2) is 0 Å². The summed E-state index contributed by atoms with van der Waals surface area (Å²) >= 11 is 0. The Kier molecular flexibility index (Phi) is 13.8. The first kappa shape index (κ1) is 31.5. The summed E-state index contributed by atoms with van der Waals surface area (Å²) in [5.41, 5.74) is 17.0. The van der Waals surface area contributed by atoms with Gasteiger partial charge < -0.3 is 43.4 Å². The number of aliphatic hydroxyl groups is 1. The average Bonchev–Trinajstić information content (AvgIpc) is 2.85. The van der Waals surface area contributed by atoms with E-state index in [-0.39, 0.29) is 25.7 Å². The molecule has 0 aliphatic heterocycles. The molecule has 13 nitrogen and oxygen atoms in total. The van der Waals surface area contributed by atoms with Gasteiger partial charge in [-0.05, 0) is 44.7 Å². The van der Waals surface area contributed by atoms with Crippen LogP contribution in [0.2, 0.25) is 0 Å². The van der Waals surface area contributed by atoms with E-state index >= 15 is 0 Å². The number of carbonyl (C=O) groups excluding carboxylic acids is 4. The Morgan fingerprint density at radius 1 is 0.865 bits per heavy atom. The van der Waals surface area contributed by atoms with Gasteiger partial charge in [0.05, 0.1) is 6.10 Å². The standard InChI is InChI=1S/C24H38N6O7/c1-14(31)20(27)23(35)28-16(9-5-6-12-25)21(33)30-18(13-15-7-3-2-4-8-15)22(34)29-17(24(36)37)10-11-19(26)32/h2-4,7-8,14,16-18,20,31H,5-6,9-13,25,27H2,1H3,(H2,26,32)(H,28,35)(H,29,34)(H,30,33)(H,36,37). The average molecular weight is 523 g/mol. The maximum absolute atomic E-state index is 13.2. The molecule has 0 heterocycles. The number of primary amides is 1. The lowest BCUT2D eigenvalue weighted by Crippen LogP contribution is -2.58. The van der Waals surface area contributed by atoms with Crippen molar-refractivity contribution in [3.8, 4) is 0 Å². The minimum Gasteiger partial charge on any atom is -0.480 e. The molecule has 0 aromatic heterocycles. The van der Waals surface area contributed by atoms with E-state index in [1.165, 1.54) is 6.92 Å². The number of carboxylic acid groups (broad SMARTS) is 1. The minimum atomic E-state index is -1.40. The number of aliphatic hydroxyl groups excluding tert-OH is 1. The number of carbonyl (C=O) groups is 5. The van der Waals surface area contributed by atoms with E-state index in [2.05, 4.69) is 16.0 Å². The molecule has 0 radical (unpaired) electrons. The van der Waals surface area contributed by atoms with Crippen LogP contribution in [-0.2, 0) is 30.4 Å². The van der Waals surface area contributed by atoms with E-state index in [1.54, 1.807) is 30.3 Å². The Morgan fingerprint density at radius 2 is 1.43 bits per heavy atom. The third kappa shape index (κ3) is 11.8. The van der Waals surface area contributed by atoms with Gasteiger partial charge in [-0.25, -0.2) is 4.79 Å². The van der Waals surface area contributed by atoms with Gasteiger partial charge in [-0.15, -0.1) is 0 Å². The van der Waals surface area contributed by atoms with E-state index in [4.69, 9.17) is 17.2 Å². The van der Waals surface area contributed by atoms with Crippen molar-refractivity contribution in [2.24, 2.45) is 17.2 Å². The first-order valence-corrected chi connectivity index (χ1v) is 12.1. The predicted molar refractivity (Wildman–Crippen MR) is 135 cm³/mol. The highest BCUT2D eigenvalue weighted by Gasteiger charge is 2.31. The lowest BCUT2D eigenvalue weighted by atomic mass is 10.0. The van der Waals surface area contributed by atoms with Crippen LogP contribution >= 0.6 is 0 Å². The minimum absolute atomic E-state index is 0.0250. The molecule has 0 saturated carbocycles. The summed E-state index contributed by atoms with van der Waals surface area (Å²) in [6.07, 6.45) is -0.353. The van der Waals surface area contributed by atoms with Crippen LogP contribution in [0.25, 0.3) is 0 Å². The normalized spacial score (nSPS) is 14.9. The van der Waals surface area contributed by atoms with Crippen molar-refractivity contribution in [2.45, 2.75) is 75.7 Å². The number of benzene rings is 1. The van der Waals surface area contributed by atoms with Crippen molar-refractivity contribution >= 4 is 29.6 Å². The summed E-state index contributed by atoms with van der Waals surface area (Å²) < 4.78 is 0. The second kappa shape index (κ2) is 16.2. The largest absolute Gasteiger partial charge is 0.480 e. The van der Waals surface area contributed by atoms with Gasteiger partial charge in [0.25, 0.3) is 0 Å². The van der Waals surface area contributed by atoms with Crippen molar-refractivity contribution in [1.82, 2.24) is 16.0 Å². The molecule has 37 heavy (non-hydrogen) atoms. The first-order valence-electron chi connectivity index (χ1n) is 12.1. The molecule has 1 aromatic carbocycles. The van der Waals surface area contributed by atoms with Gasteiger partial charge in [-0.1, -0.05) is 30.3 Å². The van der Waals surface area contributed by atoms with Gasteiger partial charge in [0.2, 0.25) is 23.6 Å². The summed E-state index contributed by atoms with van der Waals surface area (Å²) in [6, 6.07) is 3.76. The van der Waals surface area contributed by atoms with Crippen LogP contribution in [0.3, 0.4) is 0 Å². The summed E-state index contributed by atoms with van der Waals surface area (Å²) in [4.78, 5) is 61.4. The highest BCUT2D eigenvalue weighted by molar-refractivity contribution is 5.94. The zero-order valence-corrected chi connectivity index (χ0v) is 20.9. The third-order valence-electron chi connectivity index (χ3n) is 5.61. The molecule has 13 heteroatoms. The lowest BCUT2D eigenvalue weighted by molar-refractivity contribution is -0.142. The van der Waals surface area contributed by atoms with Gasteiger partial charge in [-0.3, -0.25) is 19.2 Å². The zero-order chi connectivity index (χ0) is 28.0. The number of nitrogens with two attached hydrogens (primary N) is 3. The quantitative estimate of drug-likeness (QED) is 0.104. The van der Waals surface area contributed by atoms with Gasteiger partial charge in [0, 0.05) is 12.8 Å². The van der Waals surface area contributed by atoms with E-state index < -0.39 is 59.9 Å². The third-order valence-corrected chi connectivity index (χ3v) is 5.61. The van der Waals surface area contributed by atoms with Crippen molar-refractivity contribution in [3.05, 3.63) is 35.9 Å². The molecule has 11 N–H and O–H groups in total. The Hall–Kier alpha value is -3.55. The highest BCUT2D eigenvalue weighted by atomic mass is 16.4. The Morgan fingerprint density at radius 3 is 1.97 bits per heavy atom. The summed E-state index contributed by atoms with van der Waals surface area (Å²) in [6.45, 7) is 1.71. The lowest BCUT2D eigenvalue weighted by Gasteiger charge is -2.26. The molecule has 1 aromatic rings. The Labute approximate surface area is 215 Å². The van der Waals surface area contributed by atoms with Gasteiger partial charge in [0.1, 0.15) is 24.2 Å². The molecule has 0 spiro atoms. The zero-order valence-electron chi connectivity index (χ0n) is 20.9. The molecule has 5 atom stereocenters. The fourth-order valence-electron chi connectivity index (χ4n) is 3.40. The molecule has 206 valence electrons. The number of unbranched alkanes of at least 4 members (excludes halogenated alkanes) is 1. The topological polar surface area (TPSA) is 240 Å². The highest BCUT2D eigenvalue weighted by Crippen LogP contribution is 2.08. The molecule has 5 unspecified atom stereocenters. The molecular formula is C24H38N6O7. The van der Waals surface area contributed by atoms with Gasteiger partial charge in [-0.2, -0.15) is 0 Å². The molecular weight excluding hydrogens is 484 g/mol. The summed E-state index contributed by atoms with van der Waals surface area (Å²) in [5.74, 6) is -4.31. The van der Waals surface area contributed by atoms with Crippen molar-refractivity contribution in [2.75, 3.05) is 6.54 Å². The molecule has 0 saturated heterocycles. The van der Waals surface area contributed by atoms with Gasteiger partial charge >= 0.3 is 5.97 Å². The number of hydrogen-bond donors (Lipinski definition) is 8. The van der Waals surface area contributed by atoms with Crippen LogP contribution in [-0.4, -0.2) is 76.6 Å². The van der Waals surface area contributed by atoms with E-state index in [0.717, 1.165) is 0 Å². The second-order valence-electron chi connectivity index (χ2n) is 8.77. The Balaban J connectivity index is 3.12. The fourth-order valence-corrected chi connectivity index (χ4v) is 3.40. The van der Waals surface area contributed by atoms with Crippen LogP contribution in [0, 0.1) is 0 Å². The number of hydrogen-bond acceptors (Lipinski definition) is 8. The number of rotatable bonds is 17. The molecule has 0 bridgehead atoms. The summed E-state index contributed by atoms with van der Waals surface area (Å²) in [7, 11) is 0. The van der Waals surface area contributed by atoms with Crippen LogP contribution in [0.4, 0.5) is 0 Å². The molecule has 0 aliphatic rings. The van der Waals surface area contributed by atoms with E-state index in [1.807, 2.05) is 0 Å². The first-order chi connectivity index (χ1) is 17.5. The second-order valence-corrected chi connectivity index (χ2v) is 8.77.